The first-order valence-corrected chi connectivity index (χ1v) is 7.58. The lowest BCUT2D eigenvalue weighted by molar-refractivity contribution is 0.0954. The van der Waals surface area contributed by atoms with E-state index in [1.54, 1.807) is 17.0 Å². The zero-order chi connectivity index (χ0) is 15.0. The molecule has 0 N–H and O–H groups in total. The highest BCUT2D eigenvalue weighted by Crippen LogP contribution is 2.32. The van der Waals surface area contributed by atoms with Crippen molar-refractivity contribution in [3.63, 3.8) is 0 Å². The third-order valence-corrected chi connectivity index (χ3v) is 4.41. The van der Waals surface area contributed by atoms with E-state index in [1.807, 2.05) is 37.3 Å². The van der Waals surface area contributed by atoms with Gasteiger partial charge in [0.15, 0.2) is 5.78 Å². The van der Waals surface area contributed by atoms with Crippen molar-refractivity contribution in [1.29, 1.82) is 0 Å². The van der Waals surface area contributed by atoms with E-state index in [1.165, 1.54) is 0 Å². The number of anilines is 1. The minimum atomic E-state index is -0.0782. The van der Waals surface area contributed by atoms with Crippen molar-refractivity contribution in [2.45, 2.75) is 13.3 Å². The van der Waals surface area contributed by atoms with E-state index < -0.39 is 0 Å². The summed E-state index contributed by atoms with van der Waals surface area (Å²) in [5, 5.41) is 0. The Balaban J connectivity index is 2.10. The van der Waals surface area contributed by atoms with E-state index in [4.69, 9.17) is 0 Å². The zero-order valence-electron chi connectivity index (χ0n) is 11.6. The zero-order valence-corrected chi connectivity index (χ0v) is 13.2. The van der Waals surface area contributed by atoms with Gasteiger partial charge in [0, 0.05) is 23.0 Å². The topological polar surface area (TPSA) is 37.4 Å². The summed E-state index contributed by atoms with van der Waals surface area (Å²) in [5.74, 6) is 0.0235. The Kier molecular flexibility index (Phi) is 3.64. The lowest BCUT2D eigenvalue weighted by Gasteiger charge is -2.30. The molecule has 1 aliphatic rings. The normalized spacial score (nSPS) is 14.0. The van der Waals surface area contributed by atoms with Gasteiger partial charge in [-0.05, 0) is 46.6 Å². The lowest BCUT2D eigenvalue weighted by Crippen LogP contribution is -2.38. The molecule has 0 unspecified atom stereocenters. The third-order valence-electron chi connectivity index (χ3n) is 3.72. The Morgan fingerprint density at radius 1 is 1.14 bits per heavy atom. The van der Waals surface area contributed by atoms with Gasteiger partial charge in [-0.15, -0.1) is 0 Å². The third kappa shape index (κ3) is 2.40. The molecule has 0 aliphatic carbocycles. The molecule has 0 saturated carbocycles. The number of benzene rings is 2. The van der Waals surface area contributed by atoms with Crippen molar-refractivity contribution in [2.75, 3.05) is 11.4 Å². The Hall–Kier alpha value is -1.94. The lowest BCUT2D eigenvalue weighted by atomic mass is 9.96. The molecule has 0 radical (unpaired) electrons. The molecule has 0 spiro atoms. The van der Waals surface area contributed by atoms with Crippen molar-refractivity contribution < 1.29 is 9.59 Å². The number of Topliss-reactive ketones (excluding diaryl/α,β-unsaturated/α-hetero) is 1. The number of para-hydroxylation sites is 1. The van der Waals surface area contributed by atoms with E-state index in [2.05, 4.69) is 15.9 Å². The molecule has 106 valence electrons. The maximum Gasteiger partial charge on any atom is 0.259 e. The summed E-state index contributed by atoms with van der Waals surface area (Å²) >= 11 is 3.42. The molecule has 0 aromatic heterocycles. The summed E-state index contributed by atoms with van der Waals surface area (Å²) < 4.78 is 0.766. The van der Waals surface area contributed by atoms with Gasteiger partial charge in [0.2, 0.25) is 0 Å². The molecule has 0 saturated heterocycles. The molecule has 1 heterocycles. The van der Waals surface area contributed by atoms with Gasteiger partial charge in [0.25, 0.3) is 5.91 Å². The van der Waals surface area contributed by atoms with Crippen LogP contribution in [0.4, 0.5) is 5.69 Å². The van der Waals surface area contributed by atoms with Crippen LogP contribution in [-0.2, 0) is 0 Å². The monoisotopic (exact) mass is 343 g/mol. The van der Waals surface area contributed by atoms with Crippen molar-refractivity contribution in [1.82, 2.24) is 0 Å². The van der Waals surface area contributed by atoms with Crippen LogP contribution in [-0.4, -0.2) is 18.2 Å². The number of rotatable bonds is 1. The number of carbonyl (C=O) groups excluding carboxylic acids is 2. The molecule has 0 atom stereocenters. The summed E-state index contributed by atoms with van der Waals surface area (Å²) in [4.78, 5) is 26.6. The Bertz CT molecular complexity index is 739. The number of nitrogens with zero attached hydrogens (tertiary/aromatic N) is 1. The second-order valence-corrected chi connectivity index (χ2v) is 5.94. The molecule has 1 aliphatic heterocycles. The van der Waals surface area contributed by atoms with Gasteiger partial charge in [-0.1, -0.05) is 24.3 Å². The van der Waals surface area contributed by atoms with Crippen molar-refractivity contribution in [2.24, 2.45) is 0 Å². The van der Waals surface area contributed by atoms with E-state index in [-0.39, 0.29) is 11.7 Å². The number of amides is 1. The van der Waals surface area contributed by atoms with Crippen LogP contribution in [0.5, 0.6) is 0 Å². The molecule has 4 heteroatoms. The van der Waals surface area contributed by atoms with Crippen LogP contribution < -0.4 is 4.90 Å². The average Bonchev–Trinajstić information content (AvgIpc) is 2.48. The summed E-state index contributed by atoms with van der Waals surface area (Å²) in [6, 6.07) is 12.9. The minimum Gasteiger partial charge on any atom is -0.307 e. The number of fused-ring (bicyclic) bond motifs is 1. The van der Waals surface area contributed by atoms with Crippen LogP contribution in [0.3, 0.4) is 0 Å². The molecule has 2 aromatic rings. The molecular formula is C17H14BrNO2. The van der Waals surface area contributed by atoms with Crippen molar-refractivity contribution in [3.8, 4) is 0 Å². The Morgan fingerprint density at radius 2 is 1.90 bits per heavy atom. The van der Waals surface area contributed by atoms with Gasteiger partial charge in [0.05, 0.1) is 11.3 Å². The van der Waals surface area contributed by atoms with E-state index in [9.17, 15) is 9.59 Å². The summed E-state index contributed by atoms with van der Waals surface area (Å²) in [7, 11) is 0. The maximum atomic E-state index is 12.8. The predicted octanol–water partition coefficient (Wildman–Crippen LogP) is 3.99. The Labute approximate surface area is 131 Å². The fourth-order valence-electron chi connectivity index (χ4n) is 2.69. The Morgan fingerprint density at radius 3 is 2.67 bits per heavy atom. The van der Waals surface area contributed by atoms with Crippen LogP contribution in [0, 0.1) is 6.92 Å². The first kappa shape index (κ1) is 14.0. The summed E-state index contributed by atoms with van der Waals surface area (Å²) in [5.41, 5.74) is 2.94. The summed E-state index contributed by atoms with van der Waals surface area (Å²) in [6.07, 6.45) is 0.368. The number of carbonyl (C=O) groups is 2. The smallest absolute Gasteiger partial charge is 0.259 e. The van der Waals surface area contributed by atoms with Crippen molar-refractivity contribution in [3.05, 3.63) is 63.6 Å². The van der Waals surface area contributed by atoms with Crippen LogP contribution in [0.15, 0.2) is 46.9 Å². The summed E-state index contributed by atoms with van der Waals surface area (Å²) in [6.45, 7) is 2.36. The molecule has 1 amide bonds. The fraction of sp³-hybridized carbons (Fsp3) is 0.176. The van der Waals surface area contributed by atoms with E-state index >= 15 is 0 Å². The molecule has 3 rings (SSSR count). The molecule has 0 fully saturated rings. The van der Waals surface area contributed by atoms with Gasteiger partial charge in [-0.2, -0.15) is 0 Å². The number of hydrogen-bond donors (Lipinski definition) is 0. The van der Waals surface area contributed by atoms with Crippen LogP contribution in [0.1, 0.15) is 32.7 Å². The first-order chi connectivity index (χ1) is 10.1. The van der Waals surface area contributed by atoms with E-state index in [0.29, 0.717) is 24.1 Å². The van der Waals surface area contributed by atoms with Gasteiger partial charge >= 0.3 is 0 Å². The van der Waals surface area contributed by atoms with E-state index in [0.717, 1.165) is 15.7 Å². The SMILES string of the molecule is Cc1cccc2c1N(C(=O)c1ccccc1Br)CCC2=O. The molecule has 21 heavy (non-hydrogen) atoms. The second kappa shape index (κ2) is 5.45. The predicted molar refractivity (Wildman–Crippen MR) is 85.9 cm³/mol. The highest BCUT2D eigenvalue weighted by Gasteiger charge is 2.29. The second-order valence-electron chi connectivity index (χ2n) is 5.08. The number of aryl methyl sites for hydroxylation is 1. The van der Waals surface area contributed by atoms with Crippen molar-refractivity contribution >= 4 is 33.3 Å². The van der Waals surface area contributed by atoms with Gasteiger partial charge in [-0.3, -0.25) is 9.59 Å². The first-order valence-electron chi connectivity index (χ1n) is 6.79. The molecule has 2 aromatic carbocycles. The molecule has 0 bridgehead atoms. The highest BCUT2D eigenvalue weighted by atomic mass is 79.9. The number of hydrogen-bond acceptors (Lipinski definition) is 2. The largest absolute Gasteiger partial charge is 0.307 e. The maximum absolute atomic E-state index is 12.8. The van der Waals surface area contributed by atoms with Gasteiger partial charge in [0.1, 0.15) is 0 Å². The number of halogens is 1. The highest BCUT2D eigenvalue weighted by molar-refractivity contribution is 9.10. The standard InChI is InChI=1S/C17H14BrNO2/c1-11-5-4-7-13-15(20)9-10-19(16(11)13)17(21)12-6-2-3-8-14(12)18/h2-8H,9-10H2,1H3. The van der Waals surface area contributed by atoms with Gasteiger partial charge < -0.3 is 4.90 Å². The number of ketones is 1. The van der Waals surface area contributed by atoms with Crippen LogP contribution in [0.2, 0.25) is 0 Å². The molecular weight excluding hydrogens is 330 g/mol. The quantitative estimate of drug-likeness (QED) is 0.784. The molecule has 3 nitrogen and oxygen atoms in total. The average molecular weight is 344 g/mol. The van der Waals surface area contributed by atoms with Gasteiger partial charge in [-0.25, -0.2) is 0 Å². The fourth-order valence-corrected chi connectivity index (χ4v) is 3.14. The minimum absolute atomic E-state index is 0.0782. The van der Waals surface area contributed by atoms with Crippen LogP contribution in [0.25, 0.3) is 0 Å². The van der Waals surface area contributed by atoms with Crippen LogP contribution >= 0.6 is 15.9 Å².